The van der Waals surface area contributed by atoms with E-state index in [1.807, 2.05) is 25.6 Å². The molecule has 1 saturated heterocycles. The van der Waals surface area contributed by atoms with Crippen molar-refractivity contribution in [3.63, 3.8) is 0 Å². The van der Waals surface area contributed by atoms with Gasteiger partial charge in [-0.2, -0.15) is 11.8 Å². The van der Waals surface area contributed by atoms with Crippen LogP contribution in [0.3, 0.4) is 0 Å². The highest BCUT2D eigenvalue weighted by Gasteiger charge is 2.40. The van der Waals surface area contributed by atoms with Gasteiger partial charge in [0.05, 0.1) is 0 Å². The van der Waals surface area contributed by atoms with Crippen molar-refractivity contribution in [2.24, 2.45) is 0 Å². The molecule has 1 nitrogen and oxygen atoms in total. The molecular formula is C16H24FNS. The van der Waals surface area contributed by atoms with Crippen LogP contribution in [0.5, 0.6) is 0 Å². The van der Waals surface area contributed by atoms with Crippen molar-refractivity contribution in [3.8, 4) is 0 Å². The number of hydrogen-bond donors (Lipinski definition) is 1. The Morgan fingerprint density at radius 1 is 1.42 bits per heavy atom. The molecule has 1 N–H and O–H groups in total. The van der Waals surface area contributed by atoms with Crippen molar-refractivity contribution in [3.05, 3.63) is 34.6 Å². The average molecular weight is 281 g/mol. The van der Waals surface area contributed by atoms with Crippen molar-refractivity contribution in [1.29, 1.82) is 0 Å². The van der Waals surface area contributed by atoms with E-state index in [0.717, 1.165) is 29.7 Å². The average Bonchev–Trinajstić information content (AvgIpc) is 2.75. The lowest BCUT2D eigenvalue weighted by Gasteiger charge is -2.35. The Morgan fingerprint density at radius 3 is 2.68 bits per heavy atom. The van der Waals surface area contributed by atoms with Gasteiger partial charge in [0.1, 0.15) is 5.82 Å². The normalized spacial score (nSPS) is 24.7. The maximum absolute atomic E-state index is 14.5. The summed E-state index contributed by atoms with van der Waals surface area (Å²) < 4.78 is 14.6. The summed E-state index contributed by atoms with van der Waals surface area (Å²) in [6.07, 6.45) is 2.39. The molecule has 1 aromatic carbocycles. The fourth-order valence-corrected chi connectivity index (χ4v) is 4.56. The highest BCUT2D eigenvalue weighted by Crippen LogP contribution is 2.47. The largest absolute Gasteiger partial charge is 0.309 e. The van der Waals surface area contributed by atoms with E-state index in [1.54, 1.807) is 6.07 Å². The zero-order valence-corrected chi connectivity index (χ0v) is 13.2. The first-order valence-corrected chi connectivity index (χ1v) is 8.10. The minimum absolute atomic E-state index is 0.0582. The van der Waals surface area contributed by atoms with Crippen LogP contribution in [0.1, 0.15) is 49.4 Å². The van der Waals surface area contributed by atoms with Gasteiger partial charge in [0.2, 0.25) is 0 Å². The van der Waals surface area contributed by atoms with Crippen LogP contribution in [-0.4, -0.2) is 17.0 Å². The summed E-state index contributed by atoms with van der Waals surface area (Å²) >= 11 is 1.98. The molecule has 2 rings (SSSR count). The van der Waals surface area contributed by atoms with Crippen LogP contribution in [0, 0.1) is 19.7 Å². The molecule has 1 aromatic rings. The molecule has 1 heterocycles. The van der Waals surface area contributed by atoms with E-state index in [4.69, 9.17) is 0 Å². The van der Waals surface area contributed by atoms with E-state index in [1.165, 1.54) is 12.2 Å². The number of halogens is 1. The second-order valence-electron chi connectivity index (χ2n) is 5.73. The maximum Gasteiger partial charge on any atom is 0.128 e. The molecule has 0 saturated carbocycles. The lowest BCUT2D eigenvalue weighted by atomic mass is 9.87. The molecule has 0 radical (unpaired) electrons. The SMILES string of the molecule is CCNC(c1c(C)cc(C)cc1F)C1(C)CCCS1. The predicted octanol–water partition coefficient (Wildman–Crippen LogP) is 4.38. The number of thioether (sulfide) groups is 1. The zero-order chi connectivity index (χ0) is 14.0. The van der Waals surface area contributed by atoms with Gasteiger partial charge < -0.3 is 5.32 Å². The first-order valence-electron chi connectivity index (χ1n) is 7.12. The number of aryl methyl sites for hydroxylation is 2. The van der Waals surface area contributed by atoms with Gasteiger partial charge in [0, 0.05) is 16.4 Å². The standard InChI is InChI=1S/C16H24FNS/c1-5-18-15(16(4)7-6-8-19-16)14-12(3)9-11(2)10-13(14)17/h9-10,15,18H,5-8H2,1-4H3. The summed E-state index contributed by atoms with van der Waals surface area (Å²) in [6, 6.07) is 3.85. The lowest BCUT2D eigenvalue weighted by molar-refractivity contribution is 0.405. The van der Waals surface area contributed by atoms with E-state index in [9.17, 15) is 4.39 Å². The lowest BCUT2D eigenvalue weighted by Crippen LogP contribution is -2.38. The third-order valence-electron chi connectivity index (χ3n) is 4.04. The molecule has 2 unspecified atom stereocenters. The Balaban J connectivity index is 2.44. The first-order chi connectivity index (χ1) is 8.98. The second kappa shape index (κ2) is 5.84. The molecule has 0 spiro atoms. The molecule has 0 aromatic heterocycles. The molecule has 1 aliphatic rings. The molecule has 1 aliphatic heterocycles. The third kappa shape index (κ3) is 2.97. The van der Waals surface area contributed by atoms with Crippen molar-refractivity contribution < 1.29 is 4.39 Å². The monoisotopic (exact) mass is 281 g/mol. The molecule has 2 atom stereocenters. The van der Waals surface area contributed by atoms with Crippen LogP contribution in [0.15, 0.2) is 12.1 Å². The number of nitrogens with one attached hydrogen (secondary N) is 1. The van der Waals surface area contributed by atoms with Crippen LogP contribution in [0.4, 0.5) is 4.39 Å². The Morgan fingerprint density at radius 2 is 2.16 bits per heavy atom. The highest BCUT2D eigenvalue weighted by molar-refractivity contribution is 8.00. The van der Waals surface area contributed by atoms with E-state index < -0.39 is 0 Å². The summed E-state index contributed by atoms with van der Waals surface area (Å²) in [7, 11) is 0. The van der Waals surface area contributed by atoms with E-state index in [-0.39, 0.29) is 16.6 Å². The fraction of sp³-hybridized carbons (Fsp3) is 0.625. The molecule has 0 amide bonds. The molecule has 106 valence electrons. The van der Waals surface area contributed by atoms with Crippen LogP contribution < -0.4 is 5.32 Å². The van der Waals surface area contributed by atoms with Gasteiger partial charge in [-0.15, -0.1) is 0 Å². The summed E-state index contributed by atoms with van der Waals surface area (Å²) in [5, 5.41) is 3.52. The number of hydrogen-bond acceptors (Lipinski definition) is 2. The van der Waals surface area contributed by atoms with Crippen LogP contribution in [0.2, 0.25) is 0 Å². The Bertz CT molecular complexity index is 429. The Kier molecular flexibility index (Phi) is 4.57. The summed E-state index contributed by atoms with van der Waals surface area (Å²) in [6.45, 7) is 9.22. The molecule has 0 bridgehead atoms. The molecule has 1 fully saturated rings. The van der Waals surface area contributed by atoms with Gasteiger partial charge in [0.25, 0.3) is 0 Å². The molecule has 19 heavy (non-hydrogen) atoms. The Labute approximate surface area is 120 Å². The van der Waals surface area contributed by atoms with Gasteiger partial charge >= 0.3 is 0 Å². The van der Waals surface area contributed by atoms with Crippen molar-refractivity contribution >= 4 is 11.8 Å². The zero-order valence-electron chi connectivity index (χ0n) is 12.3. The number of benzene rings is 1. The molecule has 0 aliphatic carbocycles. The highest BCUT2D eigenvalue weighted by atomic mass is 32.2. The second-order valence-corrected chi connectivity index (χ2v) is 7.36. The first kappa shape index (κ1) is 14.9. The predicted molar refractivity (Wildman–Crippen MR) is 82.4 cm³/mol. The van der Waals surface area contributed by atoms with Crippen LogP contribution in [0.25, 0.3) is 0 Å². The van der Waals surface area contributed by atoms with Gasteiger partial charge in [-0.1, -0.05) is 13.0 Å². The quantitative estimate of drug-likeness (QED) is 0.879. The van der Waals surface area contributed by atoms with Gasteiger partial charge in [-0.3, -0.25) is 0 Å². The van der Waals surface area contributed by atoms with E-state index in [0.29, 0.717) is 0 Å². The smallest absolute Gasteiger partial charge is 0.128 e. The van der Waals surface area contributed by atoms with E-state index >= 15 is 0 Å². The van der Waals surface area contributed by atoms with Gasteiger partial charge in [0.15, 0.2) is 0 Å². The van der Waals surface area contributed by atoms with Crippen LogP contribution in [-0.2, 0) is 0 Å². The minimum atomic E-state index is -0.0582. The van der Waals surface area contributed by atoms with Gasteiger partial charge in [-0.05, 0) is 63.1 Å². The van der Waals surface area contributed by atoms with Crippen molar-refractivity contribution in [1.82, 2.24) is 5.32 Å². The molecular weight excluding hydrogens is 257 g/mol. The minimum Gasteiger partial charge on any atom is -0.309 e. The summed E-state index contributed by atoms with van der Waals surface area (Å²) in [4.78, 5) is 0. The van der Waals surface area contributed by atoms with Gasteiger partial charge in [-0.25, -0.2) is 4.39 Å². The van der Waals surface area contributed by atoms with Crippen LogP contribution >= 0.6 is 11.8 Å². The maximum atomic E-state index is 14.5. The Hall–Kier alpha value is -0.540. The van der Waals surface area contributed by atoms with Crippen molar-refractivity contribution in [2.45, 2.75) is 51.3 Å². The molecule has 3 heteroatoms. The summed E-state index contributed by atoms with van der Waals surface area (Å²) in [5.74, 6) is 1.13. The fourth-order valence-electron chi connectivity index (χ4n) is 3.15. The third-order valence-corrected chi connectivity index (χ3v) is 5.63. The van der Waals surface area contributed by atoms with Crippen molar-refractivity contribution in [2.75, 3.05) is 12.3 Å². The summed E-state index contributed by atoms with van der Waals surface area (Å²) in [5.41, 5.74) is 2.93. The van der Waals surface area contributed by atoms with E-state index in [2.05, 4.69) is 25.2 Å². The number of rotatable bonds is 4. The topological polar surface area (TPSA) is 12.0 Å².